The molecule has 10 heteroatoms. The quantitative estimate of drug-likeness (QED) is 0.648. The van der Waals surface area contributed by atoms with Crippen LogP contribution in [0.2, 0.25) is 0 Å². The lowest BCUT2D eigenvalue weighted by Gasteiger charge is -2.16. The van der Waals surface area contributed by atoms with Crippen LogP contribution in [-0.2, 0) is 20.7 Å². The molecule has 2 atom stereocenters. The Kier molecular flexibility index (Phi) is 7.41. The van der Waals surface area contributed by atoms with Gasteiger partial charge in [-0.05, 0) is 29.3 Å². The Bertz CT molecular complexity index is 750. The fraction of sp³-hybridized carbons (Fsp3) is 0.412. The minimum atomic E-state index is -0.829. The topological polar surface area (TPSA) is 128 Å². The van der Waals surface area contributed by atoms with Gasteiger partial charge in [0.2, 0.25) is 0 Å². The summed E-state index contributed by atoms with van der Waals surface area (Å²) in [5, 5.41) is 15.5. The van der Waals surface area contributed by atoms with Gasteiger partial charge in [-0.15, -0.1) is 5.10 Å². The van der Waals surface area contributed by atoms with Gasteiger partial charge in [-0.1, -0.05) is 37.3 Å². The molecule has 2 rings (SSSR count). The van der Waals surface area contributed by atoms with Crippen molar-refractivity contribution in [1.82, 2.24) is 30.8 Å². The number of benzene rings is 1. The maximum Gasteiger partial charge on any atom is 0.331 e. The zero-order valence-electron chi connectivity index (χ0n) is 15.2. The molecule has 0 unspecified atom stereocenters. The average molecular weight is 374 g/mol. The van der Waals surface area contributed by atoms with Crippen LogP contribution in [0.15, 0.2) is 36.7 Å². The summed E-state index contributed by atoms with van der Waals surface area (Å²) in [6.45, 7) is 3.13. The van der Waals surface area contributed by atoms with Crippen molar-refractivity contribution in [1.29, 1.82) is 0 Å². The molecule has 0 radical (unpaired) electrons. The number of nitrogens with zero attached hydrogens (tertiary/aromatic N) is 4. The standard InChI is InChI=1S/C17H22N6O4/c1-3-12(2)19-17(26)20-15(24)10-27-16(25)14(23-11-18-21-22-23)9-13-7-5-4-6-8-13/h4-8,11-12,14H,3,9-10H2,1-2H3,(H2,19,20,24,26)/t12-,14-/m0/s1. The van der Waals surface area contributed by atoms with E-state index in [2.05, 4.69) is 26.2 Å². The molecule has 0 spiro atoms. The van der Waals surface area contributed by atoms with Gasteiger partial charge in [0.25, 0.3) is 5.91 Å². The van der Waals surface area contributed by atoms with Crippen molar-refractivity contribution < 1.29 is 19.1 Å². The van der Waals surface area contributed by atoms with Crippen LogP contribution in [0.5, 0.6) is 0 Å². The number of amides is 3. The van der Waals surface area contributed by atoms with Gasteiger partial charge in [0, 0.05) is 12.5 Å². The summed E-state index contributed by atoms with van der Waals surface area (Å²) in [5.41, 5.74) is 0.882. The number of nitrogens with one attached hydrogen (secondary N) is 2. The van der Waals surface area contributed by atoms with Crippen LogP contribution in [-0.4, -0.2) is 50.8 Å². The van der Waals surface area contributed by atoms with E-state index in [-0.39, 0.29) is 6.04 Å². The molecule has 0 bridgehead atoms. The van der Waals surface area contributed by atoms with E-state index in [1.165, 1.54) is 11.0 Å². The predicted molar refractivity (Wildman–Crippen MR) is 94.4 cm³/mol. The van der Waals surface area contributed by atoms with Crippen LogP contribution in [0.4, 0.5) is 4.79 Å². The van der Waals surface area contributed by atoms with E-state index >= 15 is 0 Å². The lowest BCUT2D eigenvalue weighted by molar-refractivity contribution is -0.152. The Morgan fingerprint density at radius 3 is 2.59 bits per heavy atom. The maximum absolute atomic E-state index is 12.4. The summed E-state index contributed by atoms with van der Waals surface area (Å²) in [6, 6.07) is 7.74. The molecule has 0 saturated carbocycles. The van der Waals surface area contributed by atoms with Gasteiger partial charge >= 0.3 is 12.0 Å². The molecular weight excluding hydrogens is 352 g/mol. The zero-order chi connectivity index (χ0) is 19.6. The summed E-state index contributed by atoms with van der Waals surface area (Å²) in [4.78, 5) is 35.9. The zero-order valence-corrected chi connectivity index (χ0v) is 15.2. The minimum absolute atomic E-state index is 0.0737. The fourth-order valence-electron chi connectivity index (χ4n) is 2.19. The predicted octanol–water partition coefficient (Wildman–Crippen LogP) is 0.624. The van der Waals surface area contributed by atoms with Gasteiger partial charge in [-0.3, -0.25) is 10.1 Å². The average Bonchev–Trinajstić information content (AvgIpc) is 3.19. The number of ether oxygens (including phenoxy) is 1. The molecule has 3 amide bonds. The van der Waals surface area contributed by atoms with E-state index in [0.717, 1.165) is 12.0 Å². The summed E-state index contributed by atoms with van der Waals surface area (Å²) >= 11 is 0. The summed E-state index contributed by atoms with van der Waals surface area (Å²) in [6.07, 6.45) is 2.32. The van der Waals surface area contributed by atoms with Crippen molar-refractivity contribution in [2.75, 3.05) is 6.61 Å². The Hall–Kier alpha value is -3.30. The van der Waals surface area contributed by atoms with Gasteiger partial charge in [-0.2, -0.15) is 0 Å². The molecule has 2 aromatic rings. The Morgan fingerprint density at radius 1 is 1.22 bits per heavy atom. The third-order valence-corrected chi connectivity index (χ3v) is 3.82. The first-order valence-corrected chi connectivity index (χ1v) is 8.53. The van der Waals surface area contributed by atoms with Crippen molar-refractivity contribution in [3.05, 3.63) is 42.2 Å². The highest BCUT2D eigenvalue weighted by atomic mass is 16.5. The van der Waals surface area contributed by atoms with Gasteiger partial charge in [0.1, 0.15) is 6.33 Å². The molecule has 144 valence electrons. The van der Waals surface area contributed by atoms with Crippen molar-refractivity contribution in [2.24, 2.45) is 0 Å². The highest BCUT2D eigenvalue weighted by Crippen LogP contribution is 2.14. The van der Waals surface area contributed by atoms with Crippen molar-refractivity contribution in [2.45, 2.75) is 38.8 Å². The van der Waals surface area contributed by atoms with E-state index in [0.29, 0.717) is 6.42 Å². The molecule has 1 heterocycles. The molecule has 2 N–H and O–H groups in total. The second-order valence-corrected chi connectivity index (χ2v) is 5.93. The molecular formula is C17H22N6O4. The Morgan fingerprint density at radius 2 is 1.96 bits per heavy atom. The highest BCUT2D eigenvalue weighted by Gasteiger charge is 2.25. The SMILES string of the molecule is CC[C@H](C)NC(=O)NC(=O)COC(=O)[C@H](Cc1ccccc1)n1cnnn1. The molecule has 10 nitrogen and oxygen atoms in total. The molecule has 1 aromatic carbocycles. The maximum atomic E-state index is 12.4. The number of rotatable bonds is 8. The number of carbonyl (C=O) groups is 3. The second-order valence-electron chi connectivity index (χ2n) is 5.93. The van der Waals surface area contributed by atoms with Gasteiger partial charge < -0.3 is 10.1 Å². The number of urea groups is 1. The number of carbonyl (C=O) groups excluding carboxylic acids is 3. The first kappa shape index (κ1) is 20.0. The van der Waals surface area contributed by atoms with Crippen molar-refractivity contribution in [3.63, 3.8) is 0 Å². The first-order chi connectivity index (χ1) is 13.0. The fourth-order valence-corrected chi connectivity index (χ4v) is 2.19. The number of hydrogen-bond donors (Lipinski definition) is 2. The first-order valence-electron chi connectivity index (χ1n) is 8.53. The van der Waals surface area contributed by atoms with Crippen molar-refractivity contribution >= 4 is 17.9 Å². The largest absolute Gasteiger partial charge is 0.454 e. The van der Waals surface area contributed by atoms with E-state index in [4.69, 9.17) is 4.74 Å². The second kappa shape index (κ2) is 10.00. The van der Waals surface area contributed by atoms with Crippen LogP contribution in [0.1, 0.15) is 31.9 Å². The minimum Gasteiger partial charge on any atom is -0.454 e. The summed E-state index contributed by atoms with van der Waals surface area (Å²) in [7, 11) is 0. The third kappa shape index (κ3) is 6.49. The third-order valence-electron chi connectivity index (χ3n) is 3.82. The Labute approximate surface area is 156 Å². The van der Waals surface area contributed by atoms with Crippen LogP contribution < -0.4 is 10.6 Å². The smallest absolute Gasteiger partial charge is 0.331 e. The normalized spacial score (nSPS) is 12.7. The number of hydrogen-bond acceptors (Lipinski definition) is 7. The van der Waals surface area contributed by atoms with E-state index in [1.807, 2.05) is 44.2 Å². The molecule has 1 aromatic heterocycles. The number of esters is 1. The lowest BCUT2D eigenvalue weighted by atomic mass is 10.1. The van der Waals surface area contributed by atoms with Crippen LogP contribution in [0, 0.1) is 0 Å². The van der Waals surface area contributed by atoms with Crippen LogP contribution in [0.25, 0.3) is 0 Å². The summed E-state index contributed by atoms with van der Waals surface area (Å²) < 4.78 is 6.31. The van der Waals surface area contributed by atoms with Crippen LogP contribution >= 0.6 is 0 Å². The van der Waals surface area contributed by atoms with E-state index < -0.39 is 30.6 Å². The van der Waals surface area contributed by atoms with Crippen LogP contribution in [0.3, 0.4) is 0 Å². The van der Waals surface area contributed by atoms with E-state index in [9.17, 15) is 14.4 Å². The monoisotopic (exact) mass is 374 g/mol. The molecule has 0 fully saturated rings. The lowest BCUT2D eigenvalue weighted by Crippen LogP contribution is -2.44. The highest BCUT2D eigenvalue weighted by molar-refractivity contribution is 5.95. The van der Waals surface area contributed by atoms with Gasteiger partial charge in [0.05, 0.1) is 0 Å². The van der Waals surface area contributed by atoms with Crippen molar-refractivity contribution in [3.8, 4) is 0 Å². The Balaban J connectivity index is 1.92. The van der Waals surface area contributed by atoms with Gasteiger partial charge in [-0.25, -0.2) is 14.3 Å². The van der Waals surface area contributed by atoms with Gasteiger partial charge in [0.15, 0.2) is 12.6 Å². The number of tetrazole rings is 1. The number of imide groups is 1. The number of aromatic nitrogens is 4. The molecule has 0 aliphatic carbocycles. The molecule has 0 aliphatic rings. The molecule has 0 aliphatic heterocycles. The molecule has 27 heavy (non-hydrogen) atoms. The van der Waals surface area contributed by atoms with E-state index in [1.54, 1.807) is 0 Å². The summed E-state index contributed by atoms with van der Waals surface area (Å²) in [5.74, 6) is -1.40. The molecule has 0 saturated heterocycles.